The average Bonchev–Trinajstić information content (AvgIpc) is 3.30. The van der Waals surface area contributed by atoms with Gasteiger partial charge in [0.15, 0.2) is 5.82 Å². The first-order chi connectivity index (χ1) is 13.5. The van der Waals surface area contributed by atoms with Crippen LogP contribution in [-0.2, 0) is 0 Å². The quantitative estimate of drug-likeness (QED) is 0.587. The van der Waals surface area contributed by atoms with Crippen LogP contribution < -0.4 is 5.32 Å². The second-order valence-corrected chi connectivity index (χ2v) is 6.55. The summed E-state index contributed by atoms with van der Waals surface area (Å²) in [5.41, 5.74) is 3.94. The third kappa shape index (κ3) is 3.66. The molecule has 0 radical (unpaired) electrons. The molecule has 1 amide bonds. The van der Waals surface area contributed by atoms with Crippen LogP contribution in [0.3, 0.4) is 0 Å². The molecule has 0 atom stereocenters. The molecule has 28 heavy (non-hydrogen) atoms. The number of imidazole rings is 1. The van der Waals surface area contributed by atoms with E-state index in [0.717, 1.165) is 22.4 Å². The fourth-order valence-electron chi connectivity index (χ4n) is 2.89. The summed E-state index contributed by atoms with van der Waals surface area (Å²) in [4.78, 5) is 25.2. The van der Waals surface area contributed by atoms with Crippen LogP contribution in [0.5, 0.6) is 0 Å². The van der Waals surface area contributed by atoms with E-state index in [4.69, 9.17) is 4.52 Å². The number of benzene rings is 1. The lowest BCUT2D eigenvalue weighted by Crippen LogP contribution is -2.12. The highest BCUT2D eigenvalue weighted by Crippen LogP contribution is 2.18. The largest absolute Gasteiger partial charge is 0.334 e. The first-order valence-corrected chi connectivity index (χ1v) is 8.69. The van der Waals surface area contributed by atoms with Gasteiger partial charge in [-0.25, -0.2) is 9.97 Å². The van der Waals surface area contributed by atoms with Gasteiger partial charge in [-0.05, 0) is 56.2 Å². The highest BCUT2D eigenvalue weighted by molar-refractivity contribution is 6.02. The molecule has 0 saturated carbocycles. The van der Waals surface area contributed by atoms with E-state index in [1.54, 1.807) is 36.3 Å². The molecule has 8 heteroatoms. The standard InChI is InChI=1S/C20H18N6O2/c1-12-6-13(2)8-16(7-12)24-19(27)17-10-26(11-22-17)18-5-4-15(9-21-18)20-23-14(3)25-28-20/h4-11H,1-3H3,(H,24,27). The van der Waals surface area contributed by atoms with Gasteiger partial charge in [-0.1, -0.05) is 11.2 Å². The number of hydrogen-bond donors (Lipinski definition) is 1. The van der Waals surface area contributed by atoms with Crippen molar-refractivity contribution in [3.63, 3.8) is 0 Å². The molecule has 4 aromatic rings. The number of amides is 1. The van der Waals surface area contributed by atoms with Gasteiger partial charge in [-0.3, -0.25) is 9.36 Å². The maximum atomic E-state index is 12.5. The van der Waals surface area contributed by atoms with Crippen molar-refractivity contribution in [2.75, 3.05) is 5.32 Å². The lowest BCUT2D eigenvalue weighted by molar-refractivity contribution is 0.102. The molecular weight excluding hydrogens is 356 g/mol. The SMILES string of the molecule is Cc1cc(C)cc(NC(=O)c2cn(-c3ccc(-c4nc(C)no4)cn3)cn2)c1. The van der Waals surface area contributed by atoms with Gasteiger partial charge in [0.25, 0.3) is 11.8 Å². The van der Waals surface area contributed by atoms with Gasteiger partial charge in [0.1, 0.15) is 17.8 Å². The van der Waals surface area contributed by atoms with Crippen LogP contribution in [0.15, 0.2) is 53.6 Å². The van der Waals surface area contributed by atoms with E-state index in [1.165, 1.54) is 0 Å². The van der Waals surface area contributed by atoms with Gasteiger partial charge in [0.2, 0.25) is 0 Å². The van der Waals surface area contributed by atoms with Crippen LogP contribution >= 0.6 is 0 Å². The predicted octanol–water partition coefficient (Wildman–Crippen LogP) is 3.49. The summed E-state index contributed by atoms with van der Waals surface area (Å²) in [6, 6.07) is 9.50. The molecule has 4 rings (SSSR count). The summed E-state index contributed by atoms with van der Waals surface area (Å²) in [6.07, 6.45) is 4.82. The van der Waals surface area contributed by atoms with Crippen molar-refractivity contribution < 1.29 is 9.32 Å². The fourth-order valence-corrected chi connectivity index (χ4v) is 2.89. The Morgan fingerprint density at radius 2 is 1.86 bits per heavy atom. The van der Waals surface area contributed by atoms with E-state index in [0.29, 0.717) is 23.2 Å². The molecule has 3 aromatic heterocycles. The Labute approximate surface area is 161 Å². The number of anilines is 1. The van der Waals surface area contributed by atoms with Crippen molar-refractivity contribution in [2.24, 2.45) is 0 Å². The normalized spacial score (nSPS) is 10.8. The Balaban J connectivity index is 1.51. The maximum Gasteiger partial charge on any atom is 0.275 e. The zero-order valence-electron chi connectivity index (χ0n) is 15.7. The zero-order chi connectivity index (χ0) is 19.7. The third-order valence-electron chi connectivity index (χ3n) is 4.08. The minimum absolute atomic E-state index is 0.276. The van der Waals surface area contributed by atoms with Crippen molar-refractivity contribution >= 4 is 11.6 Å². The molecule has 0 unspecified atom stereocenters. The number of carbonyl (C=O) groups excluding carboxylic acids is 1. The monoisotopic (exact) mass is 374 g/mol. The first kappa shape index (κ1) is 17.6. The Bertz CT molecular complexity index is 1120. The number of aromatic nitrogens is 5. The number of hydrogen-bond acceptors (Lipinski definition) is 6. The third-order valence-corrected chi connectivity index (χ3v) is 4.08. The van der Waals surface area contributed by atoms with Crippen LogP contribution in [0, 0.1) is 20.8 Å². The van der Waals surface area contributed by atoms with Gasteiger partial charge in [0, 0.05) is 18.1 Å². The average molecular weight is 374 g/mol. The van der Waals surface area contributed by atoms with E-state index >= 15 is 0 Å². The van der Waals surface area contributed by atoms with Crippen LogP contribution in [0.4, 0.5) is 5.69 Å². The highest BCUT2D eigenvalue weighted by Gasteiger charge is 2.12. The van der Waals surface area contributed by atoms with E-state index in [1.807, 2.05) is 32.0 Å². The molecule has 0 aliphatic rings. The lowest BCUT2D eigenvalue weighted by atomic mass is 10.1. The number of pyridine rings is 1. The van der Waals surface area contributed by atoms with Crippen LogP contribution in [0.2, 0.25) is 0 Å². The van der Waals surface area contributed by atoms with Crippen LogP contribution in [-0.4, -0.2) is 30.6 Å². The second-order valence-electron chi connectivity index (χ2n) is 6.55. The van der Waals surface area contributed by atoms with Crippen LogP contribution in [0.25, 0.3) is 17.3 Å². The minimum Gasteiger partial charge on any atom is -0.334 e. The van der Waals surface area contributed by atoms with Gasteiger partial charge < -0.3 is 9.84 Å². The topological polar surface area (TPSA) is 98.7 Å². The van der Waals surface area contributed by atoms with Gasteiger partial charge in [0.05, 0.1) is 5.56 Å². The molecule has 0 bridgehead atoms. The number of nitrogens with one attached hydrogen (secondary N) is 1. The molecule has 0 saturated heterocycles. The van der Waals surface area contributed by atoms with Crippen molar-refractivity contribution in [1.29, 1.82) is 0 Å². The van der Waals surface area contributed by atoms with Crippen molar-refractivity contribution in [2.45, 2.75) is 20.8 Å². The number of carbonyl (C=O) groups is 1. The number of rotatable bonds is 4. The van der Waals surface area contributed by atoms with E-state index in [-0.39, 0.29) is 5.91 Å². The molecule has 0 aliphatic heterocycles. The molecular formula is C20H18N6O2. The van der Waals surface area contributed by atoms with Crippen molar-refractivity contribution in [3.05, 3.63) is 71.7 Å². The predicted molar refractivity (Wildman–Crippen MR) is 103 cm³/mol. The molecule has 0 spiro atoms. The summed E-state index contributed by atoms with van der Waals surface area (Å²) in [6.45, 7) is 5.73. The maximum absolute atomic E-state index is 12.5. The number of aryl methyl sites for hydroxylation is 3. The molecule has 1 aromatic carbocycles. The Hall–Kier alpha value is -3.81. The van der Waals surface area contributed by atoms with E-state index in [2.05, 4.69) is 31.5 Å². The highest BCUT2D eigenvalue weighted by atomic mass is 16.5. The summed E-state index contributed by atoms with van der Waals surface area (Å²) >= 11 is 0. The molecule has 0 fully saturated rings. The smallest absolute Gasteiger partial charge is 0.275 e. The molecule has 3 heterocycles. The molecule has 8 nitrogen and oxygen atoms in total. The van der Waals surface area contributed by atoms with E-state index < -0.39 is 0 Å². The fraction of sp³-hybridized carbons (Fsp3) is 0.150. The van der Waals surface area contributed by atoms with Gasteiger partial charge in [-0.2, -0.15) is 4.98 Å². The summed E-state index contributed by atoms with van der Waals surface area (Å²) in [5, 5.41) is 6.64. The van der Waals surface area contributed by atoms with Crippen molar-refractivity contribution in [1.82, 2.24) is 24.7 Å². The molecule has 1 N–H and O–H groups in total. The Morgan fingerprint density at radius 3 is 2.50 bits per heavy atom. The van der Waals surface area contributed by atoms with Gasteiger partial charge in [-0.15, -0.1) is 0 Å². The molecule has 0 aliphatic carbocycles. The zero-order valence-corrected chi connectivity index (χ0v) is 15.7. The summed E-state index contributed by atoms with van der Waals surface area (Å²) < 4.78 is 6.81. The summed E-state index contributed by atoms with van der Waals surface area (Å²) in [5.74, 6) is 1.32. The Morgan fingerprint density at radius 1 is 1.07 bits per heavy atom. The lowest BCUT2D eigenvalue weighted by Gasteiger charge is -2.06. The first-order valence-electron chi connectivity index (χ1n) is 8.69. The van der Waals surface area contributed by atoms with Crippen LogP contribution in [0.1, 0.15) is 27.4 Å². The van der Waals surface area contributed by atoms with Gasteiger partial charge >= 0.3 is 0 Å². The number of nitrogens with zero attached hydrogens (tertiary/aromatic N) is 5. The molecule has 140 valence electrons. The Kier molecular flexibility index (Phi) is 4.44. The minimum atomic E-state index is -0.276. The summed E-state index contributed by atoms with van der Waals surface area (Å²) in [7, 11) is 0. The van der Waals surface area contributed by atoms with Crippen molar-refractivity contribution in [3.8, 4) is 17.3 Å². The van der Waals surface area contributed by atoms with E-state index in [9.17, 15) is 4.79 Å². The second kappa shape index (κ2) is 7.07.